The van der Waals surface area contributed by atoms with Crippen molar-refractivity contribution in [3.8, 4) is 11.6 Å². The largest absolute Gasteiger partial charge is 0.435 e. The maximum absolute atomic E-state index is 13.3. The third-order valence-electron chi connectivity index (χ3n) is 6.50. The number of carbonyl (C=O) groups excluding carboxylic acids is 1. The van der Waals surface area contributed by atoms with E-state index in [0.29, 0.717) is 18.3 Å². The standard InChI is InChI=1S/C19H23F3N6O2/c1-10(16(29)28-8-6-18(4-5-18)7-9-28)23-17-27-26-15(30-17)13-12(11-2-3-11)14(25-24-13)19(20,21)22/h10-11H,2-9H2,1H3,(H,23,27)(H,24,25)/t10-/m1/s1. The number of alkyl halides is 3. The lowest BCUT2D eigenvalue weighted by atomic mass is 9.93. The minimum atomic E-state index is -4.55. The van der Waals surface area contributed by atoms with Gasteiger partial charge in [-0.05, 0) is 56.8 Å². The van der Waals surface area contributed by atoms with Gasteiger partial charge >= 0.3 is 12.2 Å². The van der Waals surface area contributed by atoms with E-state index in [0.717, 1.165) is 25.9 Å². The number of hydrogen-bond donors (Lipinski definition) is 2. The molecule has 3 fully saturated rings. The topological polar surface area (TPSA) is 99.9 Å². The van der Waals surface area contributed by atoms with E-state index in [9.17, 15) is 18.0 Å². The molecule has 2 saturated carbocycles. The van der Waals surface area contributed by atoms with Gasteiger partial charge in [-0.1, -0.05) is 5.10 Å². The van der Waals surface area contributed by atoms with Gasteiger partial charge in [-0.15, -0.1) is 5.10 Å². The van der Waals surface area contributed by atoms with E-state index < -0.39 is 17.9 Å². The fourth-order valence-corrected chi connectivity index (χ4v) is 4.28. The lowest BCUT2D eigenvalue weighted by Gasteiger charge is -2.33. The van der Waals surface area contributed by atoms with Crippen LogP contribution in [0.2, 0.25) is 0 Å². The normalized spacial score (nSPS) is 21.7. The van der Waals surface area contributed by atoms with Crippen molar-refractivity contribution in [3.63, 3.8) is 0 Å². The molecule has 0 unspecified atom stereocenters. The second-order valence-corrected chi connectivity index (χ2v) is 8.74. The highest BCUT2D eigenvalue weighted by Gasteiger charge is 2.46. The van der Waals surface area contributed by atoms with Crippen molar-refractivity contribution in [2.24, 2.45) is 5.41 Å². The lowest BCUT2D eigenvalue weighted by Crippen LogP contribution is -2.45. The summed E-state index contributed by atoms with van der Waals surface area (Å²) in [7, 11) is 0. The van der Waals surface area contributed by atoms with E-state index in [-0.39, 0.29) is 35.0 Å². The minimum Gasteiger partial charge on any atom is -0.402 e. The minimum absolute atomic E-state index is 0.00794. The Kier molecular flexibility index (Phi) is 4.33. The van der Waals surface area contributed by atoms with Crippen LogP contribution in [0, 0.1) is 5.41 Å². The Hall–Kier alpha value is -2.59. The average molecular weight is 424 g/mol. The molecule has 2 N–H and O–H groups in total. The van der Waals surface area contributed by atoms with Gasteiger partial charge in [-0.3, -0.25) is 9.89 Å². The SMILES string of the molecule is C[C@@H](Nc1nnc(-c2[nH]nc(C(F)(F)F)c2C2CC2)o1)C(=O)N1CCC2(CC1)CC2. The summed E-state index contributed by atoms with van der Waals surface area (Å²) in [6.07, 6.45) is 1.39. The van der Waals surface area contributed by atoms with Crippen LogP contribution in [0.3, 0.4) is 0 Å². The van der Waals surface area contributed by atoms with Gasteiger partial charge in [0.25, 0.3) is 5.89 Å². The summed E-state index contributed by atoms with van der Waals surface area (Å²) >= 11 is 0. The second kappa shape index (κ2) is 6.71. The quantitative estimate of drug-likeness (QED) is 0.761. The predicted molar refractivity (Wildman–Crippen MR) is 99.4 cm³/mol. The molecular weight excluding hydrogens is 401 g/mol. The molecule has 1 amide bonds. The van der Waals surface area contributed by atoms with Crippen molar-refractivity contribution in [1.82, 2.24) is 25.3 Å². The first-order valence-electron chi connectivity index (χ1n) is 10.3. The van der Waals surface area contributed by atoms with Crippen molar-refractivity contribution >= 4 is 11.9 Å². The number of carbonyl (C=O) groups is 1. The first-order chi connectivity index (χ1) is 14.3. The Morgan fingerprint density at radius 1 is 1.23 bits per heavy atom. The van der Waals surface area contributed by atoms with E-state index >= 15 is 0 Å². The van der Waals surface area contributed by atoms with Crippen LogP contribution in [0.25, 0.3) is 11.6 Å². The molecule has 8 nitrogen and oxygen atoms in total. The molecule has 0 aromatic carbocycles. The molecule has 2 aromatic rings. The zero-order chi connectivity index (χ0) is 21.1. The third-order valence-corrected chi connectivity index (χ3v) is 6.50. The molecule has 1 spiro atoms. The van der Waals surface area contributed by atoms with Crippen molar-refractivity contribution in [3.05, 3.63) is 11.3 Å². The third kappa shape index (κ3) is 3.54. The molecule has 30 heavy (non-hydrogen) atoms. The first-order valence-corrected chi connectivity index (χ1v) is 10.3. The molecule has 5 rings (SSSR count). The Balaban J connectivity index is 1.28. The number of likely N-dealkylation sites (tertiary alicyclic amines) is 1. The predicted octanol–water partition coefficient (Wildman–Crippen LogP) is 3.56. The number of rotatable bonds is 5. The van der Waals surface area contributed by atoms with Crippen molar-refractivity contribution in [2.75, 3.05) is 18.4 Å². The summed E-state index contributed by atoms with van der Waals surface area (Å²) in [5.41, 5.74) is -0.290. The van der Waals surface area contributed by atoms with Crippen LogP contribution in [0.5, 0.6) is 0 Å². The smallest absolute Gasteiger partial charge is 0.402 e. The number of piperidine rings is 1. The van der Waals surface area contributed by atoms with Crippen molar-refractivity contribution in [1.29, 1.82) is 0 Å². The number of nitrogens with zero attached hydrogens (tertiary/aromatic N) is 4. The molecule has 1 saturated heterocycles. The maximum atomic E-state index is 13.3. The summed E-state index contributed by atoms with van der Waals surface area (Å²) in [5, 5.41) is 16.4. The first kappa shape index (κ1) is 19.4. The zero-order valence-corrected chi connectivity index (χ0v) is 16.6. The molecule has 1 atom stereocenters. The number of amides is 1. The number of aromatic nitrogens is 4. The van der Waals surface area contributed by atoms with Crippen LogP contribution in [-0.4, -0.2) is 50.3 Å². The lowest BCUT2D eigenvalue weighted by molar-refractivity contribution is -0.141. The maximum Gasteiger partial charge on any atom is 0.435 e. The van der Waals surface area contributed by atoms with Crippen molar-refractivity contribution < 1.29 is 22.4 Å². The molecule has 3 heterocycles. The van der Waals surface area contributed by atoms with E-state index in [1.807, 2.05) is 4.90 Å². The van der Waals surface area contributed by atoms with E-state index in [1.165, 1.54) is 12.8 Å². The van der Waals surface area contributed by atoms with Crippen molar-refractivity contribution in [2.45, 2.75) is 63.6 Å². The zero-order valence-electron chi connectivity index (χ0n) is 16.6. The molecular formula is C19H23F3N6O2. The number of aromatic amines is 1. The summed E-state index contributed by atoms with van der Waals surface area (Å²) in [6, 6.07) is -0.589. The van der Waals surface area contributed by atoms with Crippen LogP contribution in [0.15, 0.2) is 4.42 Å². The van der Waals surface area contributed by atoms with Gasteiger partial charge < -0.3 is 14.6 Å². The highest BCUT2D eigenvalue weighted by molar-refractivity contribution is 5.83. The summed E-state index contributed by atoms with van der Waals surface area (Å²) in [5.74, 6) is -0.339. The van der Waals surface area contributed by atoms with Crippen LogP contribution in [-0.2, 0) is 11.0 Å². The van der Waals surface area contributed by atoms with Gasteiger partial charge in [-0.2, -0.15) is 18.3 Å². The summed E-state index contributed by atoms with van der Waals surface area (Å²) < 4.78 is 45.3. The Morgan fingerprint density at radius 2 is 1.93 bits per heavy atom. The Labute approximate surface area is 170 Å². The Bertz CT molecular complexity index is 950. The fraction of sp³-hybridized carbons (Fsp3) is 0.684. The molecule has 162 valence electrons. The monoisotopic (exact) mass is 424 g/mol. The molecule has 0 bridgehead atoms. The highest BCUT2D eigenvalue weighted by Crippen LogP contribution is 2.53. The number of nitrogens with one attached hydrogen (secondary N) is 2. The van der Waals surface area contributed by atoms with Gasteiger partial charge in [0.1, 0.15) is 11.7 Å². The number of hydrogen-bond acceptors (Lipinski definition) is 6. The van der Waals surface area contributed by atoms with Crippen LogP contribution in [0.1, 0.15) is 62.6 Å². The van der Waals surface area contributed by atoms with Crippen LogP contribution in [0.4, 0.5) is 19.2 Å². The highest BCUT2D eigenvalue weighted by atomic mass is 19.4. The number of halogens is 3. The molecule has 1 aliphatic heterocycles. The van der Waals surface area contributed by atoms with Crippen LogP contribution < -0.4 is 5.32 Å². The molecule has 0 radical (unpaired) electrons. The van der Waals surface area contributed by atoms with Gasteiger partial charge in [0, 0.05) is 18.7 Å². The van der Waals surface area contributed by atoms with Gasteiger partial charge in [0.15, 0.2) is 5.69 Å². The molecule has 3 aliphatic rings. The van der Waals surface area contributed by atoms with Gasteiger partial charge in [0.05, 0.1) is 0 Å². The molecule has 2 aliphatic carbocycles. The fourth-order valence-electron chi connectivity index (χ4n) is 4.28. The molecule has 2 aromatic heterocycles. The molecule has 11 heteroatoms. The second-order valence-electron chi connectivity index (χ2n) is 8.74. The van der Waals surface area contributed by atoms with Crippen LogP contribution >= 0.6 is 0 Å². The number of anilines is 1. The summed E-state index contributed by atoms with van der Waals surface area (Å²) in [4.78, 5) is 14.5. The number of H-pyrrole nitrogens is 1. The van der Waals surface area contributed by atoms with Gasteiger partial charge in [0.2, 0.25) is 5.91 Å². The van der Waals surface area contributed by atoms with Gasteiger partial charge in [-0.25, -0.2) is 0 Å². The Morgan fingerprint density at radius 3 is 2.53 bits per heavy atom. The van der Waals surface area contributed by atoms with E-state index in [2.05, 4.69) is 25.7 Å². The average Bonchev–Trinajstić information content (AvgIpc) is 3.59. The summed E-state index contributed by atoms with van der Waals surface area (Å²) in [6.45, 7) is 3.21. The van der Waals surface area contributed by atoms with E-state index in [1.54, 1.807) is 6.92 Å². The van der Waals surface area contributed by atoms with E-state index in [4.69, 9.17) is 4.42 Å².